The van der Waals surface area contributed by atoms with E-state index in [4.69, 9.17) is 0 Å². The zero-order chi connectivity index (χ0) is 20.0. The van der Waals surface area contributed by atoms with Crippen molar-refractivity contribution in [2.45, 2.75) is 6.92 Å². The highest BCUT2D eigenvalue weighted by Gasteiger charge is 2.12. The molecule has 5 rings (SSSR count). The molecule has 29 heavy (non-hydrogen) atoms. The van der Waals surface area contributed by atoms with Gasteiger partial charge in [-0.1, -0.05) is 48.5 Å². The molecule has 2 heterocycles. The topological polar surface area (TPSA) is 66.0 Å². The molecule has 5 aromatic rings. The van der Waals surface area contributed by atoms with Gasteiger partial charge in [-0.2, -0.15) is 0 Å². The van der Waals surface area contributed by atoms with E-state index < -0.39 is 5.97 Å². The molecule has 0 bridgehead atoms. The lowest BCUT2D eigenvalue weighted by molar-refractivity contribution is 0.0696. The van der Waals surface area contributed by atoms with Gasteiger partial charge in [-0.3, -0.25) is 0 Å². The fraction of sp³-hybridized carbons (Fsp3) is 0.0400. The second-order valence-electron chi connectivity index (χ2n) is 7.22. The molecule has 0 amide bonds. The molecule has 2 N–H and O–H groups in total. The van der Waals surface area contributed by atoms with Crippen LogP contribution in [0.2, 0.25) is 0 Å². The lowest BCUT2D eigenvalue weighted by Gasteiger charge is -2.07. The minimum atomic E-state index is -0.909. The van der Waals surface area contributed by atoms with Crippen LogP contribution in [0, 0.1) is 6.92 Å². The number of H-pyrrole nitrogens is 1. The van der Waals surface area contributed by atoms with Gasteiger partial charge in [0.25, 0.3) is 0 Å². The number of carboxylic acids is 1. The second kappa shape index (κ2) is 6.60. The summed E-state index contributed by atoms with van der Waals surface area (Å²) in [5.41, 5.74) is 6.01. The van der Waals surface area contributed by atoms with Crippen LogP contribution >= 0.6 is 0 Å². The summed E-state index contributed by atoms with van der Waals surface area (Å²) in [7, 11) is 0. The number of aryl methyl sites for hydroxylation is 1. The van der Waals surface area contributed by atoms with Crippen LogP contribution < -0.4 is 0 Å². The number of hydrogen-bond acceptors (Lipinski definition) is 2. The average molecular weight is 378 g/mol. The Bertz CT molecular complexity index is 1400. The van der Waals surface area contributed by atoms with Crippen molar-refractivity contribution in [2.24, 2.45) is 0 Å². The van der Waals surface area contributed by atoms with E-state index in [1.54, 1.807) is 6.07 Å². The van der Waals surface area contributed by atoms with E-state index in [2.05, 4.69) is 46.4 Å². The van der Waals surface area contributed by atoms with Crippen molar-refractivity contribution in [3.8, 4) is 22.3 Å². The van der Waals surface area contributed by atoms with Crippen molar-refractivity contribution in [1.82, 2.24) is 9.97 Å². The van der Waals surface area contributed by atoms with Gasteiger partial charge in [-0.15, -0.1) is 0 Å². The van der Waals surface area contributed by atoms with Crippen LogP contribution in [0.5, 0.6) is 0 Å². The number of rotatable bonds is 3. The molecule has 3 aromatic carbocycles. The molecule has 0 spiro atoms. The molecule has 0 aliphatic carbocycles. The third-order valence-electron chi connectivity index (χ3n) is 5.38. The summed E-state index contributed by atoms with van der Waals surface area (Å²) in [6.07, 6.45) is 3.81. The van der Waals surface area contributed by atoms with Crippen molar-refractivity contribution < 1.29 is 9.90 Å². The minimum Gasteiger partial charge on any atom is -0.478 e. The number of aromatic nitrogens is 2. The van der Waals surface area contributed by atoms with Gasteiger partial charge in [-0.05, 0) is 52.6 Å². The van der Waals surface area contributed by atoms with E-state index in [1.807, 2.05) is 43.6 Å². The van der Waals surface area contributed by atoms with Crippen LogP contribution in [-0.4, -0.2) is 21.0 Å². The number of aromatic carboxylic acids is 1. The SMILES string of the molecule is Cc1cc(-c2c[nH]c3ncc(-c4ccc5ccccc5c4)cc23)ccc1C(=O)O. The molecule has 0 atom stereocenters. The Labute approximate surface area is 167 Å². The molecule has 0 saturated carbocycles. The number of carboxylic acid groups (broad SMARTS) is 1. The van der Waals surface area contributed by atoms with Crippen molar-refractivity contribution >= 4 is 27.8 Å². The molecule has 0 aliphatic rings. The maximum Gasteiger partial charge on any atom is 0.335 e. The maximum atomic E-state index is 11.3. The highest BCUT2D eigenvalue weighted by Crippen LogP contribution is 2.32. The van der Waals surface area contributed by atoms with Gasteiger partial charge in [0.1, 0.15) is 5.65 Å². The summed E-state index contributed by atoms with van der Waals surface area (Å²) in [5, 5.41) is 12.7. The lowest BCUT2D eigenvalue weighted by Crippen LogP contribution is -1.99. The third kappa shape index (κ3) is 2.95. The van der Waals surface area contributed by atoms with Gasteiger partial charge in [-0.25, -0.2) is 9.78 Å². The summed E-state index contributed by atoms with van der Waals surface area (Å²) < 4.78 is 0. The first-order valence-corrected chi connectivity index (χ1v) is 9.41. The molecule has 0 unspecified atom stereocenters. The average Bonchev–Trinajstić information content (AvgIpc) is 3.16. The van der Waals surface area contributed by atoms with Gasteiger partial charge >= 0.3 is 5.97 Å². The van der Waals surface area contributed by atoms with E-state index in [-0.39, 0.29) is 0 Å². The summed E-state index contributed by atoms with van der Waals surface area (Å²) in [6.45, 7) is 1.82. The molecule has 0 aliphatic heterocycles. The molecule has 4 heteroatoms. The predicted octanol–water partition coefficient (Wildman–Crippen LogP) is 6.06. The van der Waals surface area contributed by atoms with E-state index in [0.29, 0.717) is 5.56 Å². The molecule has 0 saturated heterocycles. The van der Waals surface area contributed by atoms with Crippen molar-refractivity contribution in [2.75, 3.05) is 0 Å². The fourth-order valence-electron chi connectivity index (χ4n) is 3.84. The van der Waals surface area contributed by atoms with Gasteiger partial charge in [0.2, 0.25) is 0 Å². The minimum absolute atomic E-state index is 0.323. The Morgan fingerprint density at radius 2 is 1.69 bits per heavy atom. The normalized spacial score (nSPS) is 11.2. The predicted molar refractivity (Wildman–Crippen MR) is 116 cm³/mol. The molecule has 4 nitrogen and oxygen atoms in total. The van der Waals surface area contributed by atoms with E-state index in [9.17, 15) is 9.90 Å². The number of fused-ring (bicyclic) bond motifs is 2. The Morgan fingerprint density at radius 1 is 0.897 bits per heavy atom. The lowest BCUT2D eigenvalue weighted by atomic mass is 9.98. The Hall–Kier alpha value is -3.92. The molecular weight excluding hydrogens is 360 g/mol. The maximum absolute atomic E-state index is 11.3. The number of hydrogen-bond donors (Lipinski definition) is 2. The summed E-state index contributed by atoms with van der Waals surface area (Å²) in [5.74, 6) is -0.909. The van der Waals surface area contributed by atoms with Crippen LogP contribution in [0.15, 0.2) is 79.1 Å². The van der Waals surface area contributed by atoms with Gasteiger partial charge < -0.3 is 10.1 Å². The third-order valence-corrected chi connectivity index (χ3v) is 5.38. The number of nitrogens with zero attached hydrogens (tertiary/aromatic N) is 1. The summed E-state index contributed by atoms with van der Waals surface area (Å²) >= 11 is 0. The van der Waals surface area contributed by atoms with E-state index in [1.165, 1.54) is 10.8 Å². The monoisotopic (exact) mass is 378 g/mol. The smallest absolute Gasteiger partial charge is 0.335 e. The summed E-state index contributed by atoms with van der Waals surface area (Å²) in [6, 6.07) is 22.3. The van der Waals surface area contributed by atoms with Crippen LogP contribution in [-0.2, 0) is 0 Å². The Balaban J connectivity index is 1.63. The standard InChI is InChI=1S/C25H18N2O2/c1-15-10-19(8-9-21(15)25(28)29)23-14-27-24-22(23)12-20(13-26-24)18-7-6-16-4-2-3-5-17(16)11-18/h2-14H,1H3,(H,26,27)(H,28,29). The summed E-state index contributed by atoms with van der Waals surface area (Å²) in [4.78, 5) is 19.1. The van der Waals surface area contributed by atoms with Crippen molar-refractivity contribution in [3.05, 3.63) is 90.3 Å². The van der Waals surface area contributed by atoms with Crippen molar-refractivity contribution in [3.63, 3.8) is 0 Å². The second-order valence-corrected chi connectivity index (χ2v) is 7.22. The van der Waals surface area contributed by atoms with Crippen LogP contribution in [0.3, 0.4) is 0 Å². The van der Waals surface area contributed by atoms with E-state index >= 15 is 0 Å². The quantitative estimate of drug-likeness (QED) is 0.401. The molecule has 2 aromatic heterocycles. The van der Waals surface area contributed by atoms with Gasteiger partial charge in [0, 0.05) is 28.9 Å². The highest BCUT2D eigenvalue weighted by atomic mass is 16.4. The Morgan fingerprint density at radius 3 is 2.48 bits per heavy atom. The zero-order valence-corrected chi connectivity index (χ0v) is 15.8. The van der Waals surface area contributed by atoms with Crippen LogP contribution in [0.1, 0.15) is 15.9 Å². The highest BCUT2D eigenvalue weighted by molar-refractivity contribution is 5.98. The fourth-order valence-corrected chi connectivity index (χ4v) is 3.84. The Kier molecular flexibility index (Phi) is 3.91. The van der Waals surface area contributed by atoms with E-state index in [0.717, 1.165) is 38.9 Å². The molecular formula is C25H18N2O2. The number of aromatic amines is 1. The first-order valence-electron chi connectivity index (χ1n) is 9.41. The zero-order valence-electron chi connectivity index (χ0n) is 15.8. The van der Waals surface area contributed by atoms with Crippen molar-refractivity contribution in [1.29, 1.82) is 0 Å². The van der Waals surface area contributed by atoms with Gasteiger partial charge in [0.05, 0.1) is 5.56 Å². The molecule has 0 fully saturated rings. The molecule has 0 radical (unpaired) electrons. The van der Waals surface area contributed by atoms with Crippen LogP contribution in [0.4, 0.5) is 0 Å². The number of carbonyl (C=O) groups is 1. The largest absolute Gasteiger partial charge is 0.478 e. The first kappa shape index (κ1) is 17.2. The number of pyridine rings is 1. The van der Waals surface area contributed by atoms with Gasteiger partial charge in [0.15, 0.2) is 0 Å². The number of benzene rings is 3. The molecule has 140 valence electrons. The first-order chi connectivity index (χ1) is 14.1. The number of nitrogens with one attached hydrogen (secondary N) is 1. The van der Waals surface area contributed by atoms with Crippen LogP contribution in [0.25, 0.3) is 44.1 Å².